The van der Waals surface area contributed by atoms with Crippen molar-refractivity contribution in [3.8, 4) is 0 Å². The molecule has 0 amide bonds. The van der Waals surface area contributed by atoms with Crippen LogP contribution in [0.15, 0.2) is 30.6 Å². The first-order chi connectivity index (χ1) is 11.0. The number of carboxylic acid groups (broad SMARTS) is 2. The summed E-state index contributed by atoms with van der Waals surface area (Å²) >= 11 is 0. The number of aryl methyl sites for hydroxylation is 1. The molecule has 0 bridgehead atoms. The van der Waals surface area contributed by atoms with Gasteiger partial charge in [0.05, 0.1) is 23.4 Å². The van der Waals surface area contributed by atoms with Crippen molar-refractivity contribution >= 4 is 24.3 Å². The Balaban J connectivity index is 0.000000236. The van der Waals surface area contributed by atoms with E-state index in [-0.39, 0.29) is 23.5 Å². The minimum absolute atomic E-state index is 0. The standard InChI is InChI=1S/C9H8O4.C6H10N4.ClH/c1-5-2-3-6(8(10)11)4-7(5)9(12)13;1-2-7-5-6(1)10-4-3-8-9-10;/h2-4H,1H3,(H,10,11)(H,12,13);3-4,6-7H,1-2,5H2;1H. The van der Waals surface area contributed by atoms with Crippen LogP contribution in [-0.2, 0) is 0 Å². The van der Waals surface area contributed by atoms with Crippen molar-refractivity contribution < 1.29 is 19.8 Å². The number of rotatable bonds is 3. The third-order valence-corrected chi connectivity index (χ3v) is 3.56. The molecule has 1 saturated heterocycles. The highest BCUT2D eigenvalue weighted by Crippen LogP contribution is 2.12. The highest BCUT2D eigenvalue weighted by molar-refractivity contribution is 5.94. The lowest BCUT2D eigenvalue weighted by Gasteiger charge is -2.05. The van der Waals surface area contributed by atoms with Gasteiger partial charge in [0.15, 0.2) is 0 Å². The lowest BCUT2D eigenvalue weighted by atomic mass is 10.1. The van der Waals surface area contributed by atoms with E-state index in [0.717, 1.165) is 19.2 Å². The second-order valence-electron chi connectivity index (χ2n) is 5.17. The number of carboxylic acids is 2. The lowest BCUT2D eigenvalue weighted by Crippen LogP contribution is -2.13. The molecule has 0 aliphatic carbocycles. The van der Waals surface area contributed by atoms with Crippen molar-refractivity contribution in [1.29, 1.82) is 0 Å². The van der Waals surface area contributed by atoms with Crippen LogP contribution in [0, 0.1) is 6.92 Å². The molecule has 0 saturated carbocycles. The van der Waals surface area contributed by atoms with Crippen LogP contribution in [0.4, 0.5) is 0 Å². The van der Waals surface area contributed by atoms with Gasteiger partial charge in [0.1, 0.15) is 0 Å². The number of nitrogens with one attached hydrogen (secondary N) is 1. The van der Waals surface area contributed by atoms with Gasteiger partial charge in [-0.3, -0.25) is 0 Å². The van der Waals surface area contributed by atoms with Crippen molar-refractivity contribution in [2.45, 2.75) is 19.4 Å². The van der Waals surface area contributed by atoms with Crippen molar-refractivity contribution in [1.82, 2.24) is 20.3 Å². The minimum Gasteiger partial charge on any atom is -0.478 e. The summed E-state index contributed by atoms with van der Waals surface area (Å²) in [6, 6.07) is 4.54. The predicted octanol–water partition coefficient (Wildman–Crippen LogP) is 1.63. The molecule has 130 valence electrons. The maximum atomic E-state index is 10.6. The summed E-state index contributed by atoms with van der Waals surface area (Å²) < 4.78 is 1.92. The first kappa shape index (κ1) is 19.6. The maximum Gasteiger partial charge on any atom is 0.335 e. The van der Waals surface area contributed by atoms with Gasteiger partial charge in [-0.2, -0.15) is 0 Å². The van der Waals surface area contributed by atoms with Gasteiger partial charge in [-0.1, -0.05) is 11.3 Å². The zero-order valence-electron chi connectivity index (χ0n) is 13.0. The Morgan fingerprint density at radius 2 is 2.04 bits per heavy atom. The summed E-state index contributed by atoms with van der Waals surface area (Å²) in [6.45, 7) is 3.75. The Hall–Kier alpha value is -2.45. The maximum absolute atomic E-state index is 10.6. The van der Waals surface area contributed by atoms with Gasteiger partial charge in [-0.15, -0.1) is 17.5 Å². The van der Waals surface area contributed by atoms with Gasteiger partial charge in [0, 0.05) is 12.7 Å². The summed E-state index contributed by atoms with van der Waals surface area (Å²) in [5.74, 6) is -2.23. The van der Waals surface area contributed by atoms with Crippen LogP contribution in [0.25, 0.3) is 0 Å². The average molecular weight is 355 g/mol. The third kappa shape index (κ3) is 5.04. The van der Waals surface area contributed by atoms with E-state index in [0.29, 0.717) is 11.6 Å². The van der Waals surface area contributed by atoms with Gasteiger partial charge >= 0.3 is 11.9 Å². The van der Waals surface area contributed by atoms with Gasteiger partial charge < -0.3 is 15.5 Å². The van der Waals surface area contributed by atoms with Gasteiger partial charge in [-0.25, -0.2) is 14.3 Å². The van der Waals surface area contributed by atoms with E-state index < -0.39 is 11.9 Å². The summed E-state index contributed by atoms with van der Waals surface area (Å²) in [5, 5.41) is 28.2. The summed E-state index contributed by atoms with van der Waals surface area (Å²) in [4.78, 5) is 21.1. The van der Waals surface area contributed by atoms with Crippen LogP contribution in [0.5, 0.6) is 0 Å². The molecule has 9 heteroatoms. The zero-order chi connectivity index (χ0) is 16.8. The fourth-order valence-electron chi connectivity index (χ4n) is 2.26. The largest absolute Gasteiger partial charge is 0.478 e. The first-order valence-corrected chi connectivity index (χ1v) is 7.13. The molecule has 1 aromatic carbocycles. The Labute approximate surface area is 144 Å². The van der Waals surface area contributed by atoms with Crippen LogP contribution in [0.3, 0.4) is 0 Å². The molecule has 1 aliphatic heterocycles. The number of carbonyl (C=O) groups is 2. The molecule has 0 spiro atoms. The second-order valence-corrected chi connectivity index (χ2v) is 5.17. The van der Waals surface area contributed by atoms with E-state index in [1.807, 2.05) is 10.9 Å². The number of benzene rings is 1. The molecule has 1 unspecified atom stereocenters. The molecule has 1 aliphatic rings. The third-order valence-electron chi connectivity index (χ3n) is 3.56. The number of aromatic nitrogens is 3. The van der Waals surface area contributed by atoms with Gasteiger partial charge in [0.2, 0.25) is 0 Å². The van der Waals surface area contributed by atoms with E-state index in [4.69, 9.17) is 10.2 Å². The second kappa shape index (κ2) is 8.99. The van der Waals surface area contributed by atoms with Crippen LogP contribution < -0.4 is 5.32 Å². The summed E-state index contributed by atoms with van der Waals surface area (Å²) in [6.07, 6.45) is 4.80. The normalized spacial score (nSPS) is 15.8. The first-order valence-electron chi connectivity index (χ1n) is 7.13. The fraction of sp³-hybridized carbons (Fsp3) is 0.333. The van der Waals surface area contributed by atoms with Crippen molar-refractivity contribution in [2.24, 2.45) is 0 Å². The molecular weight excluding hydrogens is 336 g/mol. The molecule has 8 nitrogen and oxygen atoms in total. The molecule has 2 heterocycles. The Morgan fingerprint density at radius 1 is 1.29 bits per heavy atom. The Kier molecular flexibility index (Phi) is 7.34. The number of halogens is 1. The SMILES string of the molecule is Cc1ccc(C(=O)O)cc1C(=O)O.Cl.c1cn(C2CCNC2)nn1. The van der Waals surface area contributed by atoms with Crippen LogP contribution >= 0.6 is 12.4 Å². The van der Waals surface area contributed by atoms with Crippen molar-refractivity contribution in [3.63, 3.8) is 0 Å². The number of aromatic carboxylic acids is 2. The Morgan fingerprint density at radius 3 is 2.54 bits per heavy atom. The average Bonchev–Trinajstić information content (AvgIpc) is 3.21. The highest BCUT2D eigenvalue weighted by Gasteiger charge is 2.15. The van der Waals surface area contributed by atoms with E-state index in [1.165, 1.54) is 18.6 Å². The molecule has 1 atom stereocenters. The molecule has 3 N–H and O–H groups in total. The topological polar surface area (TPSA) is 117 Å². The lowest BCUT2D eigenvalue weighted by molar-refractivity contribution is 0.0695. The van der Waals surface area contributed by atoms with E-state index in [9.17, 15) is 9.59 Å². The van der Waals surface area contributed by atoms with Gasteiger partial charge in [0.25, 0.3) is 0 Å². The van der Waals surface area contributed by atoms with Crippen LogP contribution in [0.2, 0.25) is 0 Å². The van der Waals surface area contributed by atoms with E-state index >= 15 is 0 Å². The van der Waals surface area contributed by atoms with Crippen molar-refractivity contribution in [2.75, 3.05) is 13.1 Å². The monoisotopic (exact) mass is 354 g/mol. The van der Waals surface area contributed by atoms with E-state index in [2.05, 4.69) is 15.6 Å². The summed E-state index contributed by atoms with van der Waals surface area (Å²) in [5.41, 5.74) is 0.570. The van der Waals surface area contributed by atoms with Gasteiger partial charge in [-0.05, 0) is 37.6 Å². The number of nitrogens with zero attached hydrogens (tertiary/aromatic N) is 3. The number of hydrogen-bond acceptors (Lipinski definition) is 5. The predicted molar refractivity (Wildman–Crippen MR) is 88.9 cm³/mol. The molecule has 1 aromatic heterocycles. The molecule has 3 rings (SSSR count). The quantitative estimate of drug-likeness (QED) is 0.766. The van der Waals surface area contributed by atoms with E-state index in [1.54, 1.807) is 13.1 Å². The van der Waals surface area contributed by atoms with Crippen LogP contribution in [-0.4, -0.2) is 50.2 Å². The molecule has 2 aromatic rings. The molecule has 0 radical (unpaired) electrons. The minimum atomic E-state index is -1.12. The van der Waals surface area contributed by atoms with Crippen LogP contribution in [0.1, 0.15) is 38.7 Å². The molecular formula is C15H19ClN4O4. The zero-order valence-corrected chi connectivity index (χ0v) is 13.9. The van der Waals surface area contributed by atoms with Crippen molar-refractivity contribution in [3.05, 3.63) is 47.3 Å². The molecule has 24 heavy (non-hydrogen) atoms. The highest BCUT2D eigenvalue weighted by atomic mass is 35.5. The molecule has 1 fully saturated rings. The number of hydrogen-bond donors (Lipinski definition) is 3. The Bertz CT molecular complexity index is 685. The summed E-state index contributed by atoms with van der Waals surface area (Å²) in [7, 11) is 0. The fourth-order valence-corrected chi connectivity index (χ4v) is 2.26. The smallest absolute Gasteiger partial charge is 0.335 e.